The number of aliphatic hydroxyl groups is 1. The molecule has 0 unspecified atom stereocenters. The zero-order chi connectivity index (χ0) is 16.9. The lowest BCUT2D eigenvalue weighted by Crippen LogP contribution is -2.42. The van der Waals surface area contributed by atoms with Gasteiger partial charge in [-0.25, -0.2) is 4.79 Å². The van der Waals surface area contributed by atoms with Crippen LogP contribution in [-0.2, 0) is 15.9 Å². The number of benzene rings is 1. The molecular weight excluding hydrogens is 332 g/mol. The molecule has 2 heterocycles. The molecule has 4 atom stereocenters. The van der Waals surface area contributed by atoms with E-state index in [1.54, 1.807) is 0 Å². The van der Waals surface area contributed by atoms with Crippen molar-refractivity contribution in [3.63, 3.8) is 0 Å². The third-order valence-electron chi connectivity index (χ3n) is 4.54. The molecule has 0 aliphatic carbocycles. The lowest BCUT2D eigenvalue weighted by Gasteiger charge is -2.22. The molecule has 7 heteroatoms. The van der Waals surface area contributed by atoms with Crippen LogP contribution in [0.4, 0.5) is 4.79 Å². The van der Waals surface area contributed by atoms with Gasteiger partial charge in [-0.2, -0.15) is 0 Å². The quantitative estimate of drug-likeness (QED) is 0.743. The number of aliphatic hydroxyl groups excluding tert-OH is 1. The van der Waals surface area contributed by atoms with Gasteiger partial charge in [0.25, 0.3) is 0 Å². The maximum absolute atomic E-state index is 12.0. The highest BCUT2D eigenvalue weighted by atomic mass is 35.5. The van der Waals surface area contributed by atoms with Gasteiger partial charge in [0.2, 0.25) is 0 Å². The number of rotatable bonds is 5. The SMILES string of the molecule is O=C(NC[C@H]1CCOC1)O[C@@H]1[C@@H](O)CN[C@@H]1Cc1ccc(Cl)cc1. The highest BCUT2D eigenvalue weighted by molar-refractivity contribution is 6.30. The predicted octanol–water partition coefficient (Wildman–Crippen LogP) is 1.35. The minimum atomic E-state index is -0.706. The minimum Gasteiger partial charge on any atom is -0.442 e. The van der Waals surface area contributed by atoms with Crippen LogP contribution in [0.1, 0.15) is 12.0 Å². The zero-order valence-electron chi connectivity index (χ0n) is 13.4. The van der Waals surface area contributed by atoms with Gasteiger partial charge in [-0.15, -0.1) is 0 Å². The molecule has 1 amide bonds. The second-order valence-corrected chi connectivity index (χ2v) is 6.83. The van der Waals surface area contributed by atoms with Gasteiger partial charge >= 0.3 is 6.09 Å². The Labute approximate surface area is 146 Å². The Morgan fingerprint density at radius 1 is 1.42 bits per heavy atom. The molecule has 2 aliphatic heterocycles. The van der Waals surface area contributed by atoms with Gasteiger partial charge in [-0.1, -0.05) is 23.7 Å². The molecule has 2 saturated heterocycles. The molecule has 0 radical (unpaired) electrons. The van der Waals surface area contributed by atoms with Crippen molar-refractivity contribution in [2.45, 2.75) is 31.1 Å². The van der Waals surface area contributed by atoms with Crippen molar-refractivity contribution < 1.29 is 19.4 Å². The predicted molar refractivity (Wildman–Crippen MR) is 90.2 cm³/mol. The topological polar surface area (TPSA) is 79.8 Å². The first kappa shape index (κ1) is 17.5. The zero-order valence-corrected chi connectivity index (χ0v) is 14.2. The summed E-state index contributed by atoms with van der Waals surface area (Å²) < 4.78 is 10.7. The van der Waals surface area contributed by atoms with E-state index in [1.165, 1.54) is 0 Å². The summed E-state index contributed by atoms with van der Waals surface area (Å²) in [4.78, 5) is 12.0. The molecule has 1 aromatic rings. The van der Waals surface area contributed by atoms with Gasteiger partial charge in [0, 0.05) is 30.6 Å². The van der Waals surface area contributed by atoms with Gasteiger partial charge < -0.3 is 25.2 Å². The molecule has 132 valence electrons. The molecule has 6 nitrogen and oxygen atoms in total. The molecule has 0 aromatic heterocycles. The molecule has 0 saturated carbocycles. The molecule has 2 fully saturated rings. The van der Waals surface area contributed by atoms with E-state index >= 15 is 0 Å². The number of ether oxygens (including phenoxy) is 2. The fourth-order valence-corrected chi connectivity index (χ4v) is 3.26. The van der Waals surface area contributed by atoms with E-state index in [9.17, 15) is 9.90 Å². The standard InChI is InChI=1S/C17H23ClN2O4/c18-13-3-1-11(2-4-13)7-14-16(15(21)9-19-14)24-17(22)20-8-12-5-6-23-10-12/h1-4,12,14-16,19,21H,5-10H2,(H,20,22)/t12-,14-,15+,16+/m1/s1. The average Bonchev–Trinajstić information content (AvgIpc) is 3.20. The second kappa shape index (κ2) is 8.16. The lowest BCUT2D eigenvalue weighted by molar-refractivity contribution is 0.0185. The summed E-state index contributed by atoms with van der Waals surface area (Å²) in [5.74, 6) is 0.342. The van der Waals surface area contributed by atoms with E-state index < -0.39 is 18.3 Å². The van der Waals surface area contributed by atoms with Crippen LogP contribution >= 0.6 is 11.6 Å². The van der Waals surface area contributed by atoms with E-state index in [0.717, 1.165) is 18.6 Å². The molecule has 3 N–H and O–H groups in total. The summed E-state index contributed by atoms with van der Waals surface area (Å²) in [5, 5.41) is 16.8. The van der Waals surface area contributed by atoms with Crippen molar-refractivity contribution in [2.75, 3.05) is 26.3 Å². The van der Waals surface area contributed by atoms with E-state index in [-0.39, 0.29) is 6.04 Å². The fraction of sp³-hybridized carbons (Fsp3) is 0.588. The molecular formula is C17H23ClN2O4. The van der Waals surface area contributed by atoms with Gasteiger partial charge in [0.15, 0.2) is 0 Å². The number of carbonyl (C=O) groups excluding carboxylic acids is 1. The average molecular weight is 355 g/mol. The number of amides is 1. The Balaban J connectivity index is 1.51. The molecule has 1 aromatic carbocycles. The van der Waals surface area contributed by atoms with Gasteiger partial charge in [0.1, 0.15) is 12.2 Å². The first-order valence-corrected chi connectivity index (χ1v) is 8.68. The summed E-state index contributed by atoms with van der Waals surface area (Å²) in [6.45, 7) is 2.37. The van der Waals surface area contributed by atoms with Crippen molar-refractivity contribution >= 4 is 17.7 Å². The summed E-state index contributed by atoms with van der Waals surface area (Å²) in [6.07, 6.45) is -0.158. The Kier molecular flexibility index (Phi) is 5.94. The Hall–Kier alpha value is -1.34. The number of β-amino-alcohol motifs (C(OH)–C–C–N with tert-alkyl or cyclic N) is 1. The van der Waals surface area contributed by atoms with Crippen LogP contribution < -0.4 is 10.6 Å². The first-order chi connectivity index (χ1) is 11.6. The summed E-state index contributed by atoms with van der Waals surface area (Å²) in [5.41, 5.74) is 1.07. The number of hydrogen-bond donors (Lipinski definition) is 3. The van der Waals surface area contributed by atoms with Gasteiger partial charge in [-0.05, 0) is 30.5 Å². The third-order valence-corrected chi connectivity index (χ3v) is 4.79. The maximum atomic E-state index is 12.0. The maximum Gasteiger partial charge on any atom is 0.407 e. The second-order valence-electron chi connectivity index (χ2n) is 6.39. The molecule has 24 heavy (non-hydrogen) atoms. The summed E-state index contributed by atoms with van der Waals surface area (Å²) in [6, 6.07) is 7.41. The van der Waals surface area contributed by atoms with Crippen LogP contribution in [0.2, 0.25) is 5.02 Å². The van der Waals surface area contributed by atoms with Crippen LogP contribution in [-0.4, -0.2) is 55.8 Å². The van der Waals surface area contributed by atoms with Crippen LogP contribution in [0.25, 0.3) is 0 Å². The van der Waals surface area contributed by atoms with E-state index in [1.807, 2.05) is 24.3 Å². The number of alkyl carbamates (subject to hydrolysis) is 1. The number of hydrogen-bond acceptors (Lipinski definition) is 5. The van der Waals surface area contributed by atoms with Crippen molar-refractivity contribution in [3.05, 3.63) is 34.9 Å². The Bertz CT molecular complexity index is 548. The van der Waals surface area contributed by atoms with E-state index in [0.29, 0.717) is 37.1 Å². The smallest absolute Gasteiger partial charge is 0.407 e. The lowest BCUT2D eigenvalue weighted by atomic mass is 10.0. The highest BCUT2D eigenvalue weighted by Crippen LogP contribution is 2.19. The van der Waals surface area contributed by atoms with Crippen molar-refractivity contribution in [3.8, 4) is 0 Å². The van der Waals surface area contributed by atoms with Crippen LogP contribution in [0.3, 0.4) is 0 Å². The van der Waals surface area contributed by atoms with Crippen LogP contribution in [0, 0.1) is 5.92 Å². The Morgan fingerprint density at radius 3 is 2.92 bits per heavy atom. The highest BCUT2D eigenvalue weighted by Gasteiger charge is 2.37. The van der Waals surface area contributed by atoms with Crippen LogP contribution in [0.5, 0.6) is 0 Å². The number of nitrogens with one attached hydrogen (secondary N) is 2. The largest absolute Gasteiger partial charge is 0.442 e. The summed E-state index contributed by atoms with van der Waals surface area (Å²) in [7, 11) is 0. The van der Waals surface area contributed by atoms with E-state index in [4.69, 9.17) is 21.1 Å². The monoisotopic (exact) mass is 354 g/mol. The molecule has 0 bridgehead atoms. The van der Waals surface area contributed by atoms with Gasteiger partial charge in [-0.3, -0.25) is 0 Å². The normalized spacial score (nSPS) is 29.6. The van der Waals surface area contributed by atoms with E-state index in [2.05, 4.69) is 10.6 Å². The molecule has 2 aliphatic rings. The Morgan fingerprint density at radius 2 is 2.21 bits per heavy atom. The van der Waals surface area contributed by atoms with Crippen molar-refractivity contribution in [2.24, 2.45) is 5.92 Å². The van der Waals surface area contributed by atoms with Crippen LogP contribution in [0.15, 0.2) is 24.3 Å². The first-order valence-electron chi connectivity index (χ1n) is 8.30. The number of carbonyl (C=O) groups is 1. The summed E-state index contributed by atoms with van der Waals surface area (Å²) >= 11 is 5.90. The fourth-order valence-electron chi connectivity index (χ4n) is 3.13. The minimum absolute atomic E-state index is 0.123. The third kappa shape index (κ3) is 4.60. The van der Waals surface area contributed by atoms with Crippen molar-refractivity contribution in [1.82, 2.24) is 10.6 Å². The van der Waals surface area contributed by atoms with Gasteiger partial charge in [0.05, 0.1) is 12.6 Å². The van der Waals surface area contributed by atoms with Crippen molar-refractivity contribution in [1.29, 1.82) is 0 Å². The molecule has 3 rings (SSSR count). The molecule has 0 spiro atoms. The number of halogens is 1.